The number of rotatable bonds is 3. The molecule has 1 atom stereocenters. The minimum atomic E-state index is -0.967. The van der Waals surface area contributed by atoms with E-state index in [1.165, 1.54) is 5.57 Å². The summed E-state index contributed by atoms with van der Waals surface area (Å²) in [6.45, 7) is 3.87. The van der Waals surface area contributed by atoms with Gasteiger partial charge < -0.3 is 0 Å². The monoisotopic (exact) mass is 256 g/mol. The summed E-state index contributed by atoms with van der Waals surface area (Å²) in [4.78, 5) is 0. The number of hydrogen-bond acceptors (Lipinski definition) is 0. The van der Waals surface area contributed by atoms with Gasteiger partial charge >= 0.3 is 0 Å². The summed E-state index contributed by atoms with van der Waals surface area (Å²) in [7, 11) is 0. The van der Waals surface area contributed by atoms with Crippen LogP contribution in [0.2, 0.25) is 0 Å². The molecule has 0 aromatic rings. The highest BCUT2D eigenvalue weighted by Gasteiger charge is 2.37. The van der Waals surface area contributed by atoms with Crippen LogP contribution in [0.3, 0.4) is 0 Å². The fourth-order valence-electron chi connectivity index (χ4n) is 3.44. The summed E-state index contributed by atoms with van der Waals surface area (Å²) >= 11 is 0. The van der Waals surface area contributed by atoms with Gasteiger partial charge in [-0.2, -0.15) is 0 Å². The van der Waals surface area contributed by atoms with Crippen molar-refractivity contribution in [1.29, 1.82) is 0 Å². The Hall–Kier alpha value is -0.400. The molecule has 2 aliphatic rings. The van der Waals surface area contributed by atoms with Crippen LogP contribution < -0.4 is 0 Å². The Bertz CT molecular complexity index is 313. The van der Waals surface area contributed by atoms with Crippen LogP contribution >= 0.6 is 0 Å². The van der Waals surface area contributed by atoms with Gasteiger partial charge in [-0.25, -0.2) is 8.78 Å². The highest BCUT2D eigenvalue weighted by molar-refractivity contribution is 5.15. The Labute approximate surface area is 110 Å². The third kappa shape index (κ3) is 2.95. The van der Waals surface area contributed by atoms with Crippen LogP contribution in [0.25, 0.3) is 0 Å². The van der Waals surface area contributed by atoms with Gasteiger partial charge in [0.05, 0.1) is 0 Å². The molecule has 0 bridgehead atoms. The summed E-state index contributed by atoms with van der Waals surface area (Å²) in [6, 6.07) is 0. The van der Waals surface area contributed by atoms with Crippen LogP contribution in [0, 0.1) is 5.92 Å². The SMILES string of the molecule is CCC1(F)CCC(C2=CC[C@](F)(CC)CC2)CC1. The summed E-state index contributed by atoms with van der Waals surface area (Å²) in [6.07, 6.45) is 8.82. The summed E-state index contributed by atoms with van der Waals surface area (Å²) < 4.78 is 28.3. The zero-order valence-electron chi connectivity index (χ0n) is 11.8. The number of halogens is 2. The van der Waals surface area contributed by atoms with Crippen LogP contribution in [0.15, 0.2) is 11.6 Å². The normalized spacial score (nSPS) is 41.6. The van der Waals surface area contributed by atoms with Crippen LogP contribution in [0.1, 0.15) is 71.6 Å². The Morgan fingerprint density at radius 1 is 1.06 bits per heavy atom. The maximum absolute atomic E-state index is 14.1. The molecule has 0 aromatic carbocycles. The predicted octanol–water partition coefficient (Wildman–Crippen LogP) is 5.52. The smallest absolute Gasteiger partial charge is 0.114 e. The van der Waals surface area contributed by atoms with Crippen molar-refractivity contribution in [3.8, 4) is 0 Å². The first-order valence-electron chi connectivity index (χ1n) is 7.57. The molecule has 0 heterocycles. The Morgan fingerprint density at radius 2 is 1.67 bits per heavy atom. The highest BCUT2D eigenvalue weighted by atomic mass is 19.1. The van der Waals surface area contributed by atoms with Crippen LogP contribution in [-0.2, 0) is 0 Å². The van der Waals surface area contributed by atoms with E-state index in [9.17, 15) is 8.78 Å². The van der Waals surface area contributed by atoms with Gasteiger partial charge in [0.1, 0.15) is 11.3 Å². The lowest BCUT2D eigenvalue weighted by Crippen LogP contribution is -2.31. The first-order chi connectivity index (χ1) is 8.50. The molecule has 2 heteroatoms. The minimum Gasteiger partial charge on any atom is -0.244 e. The van der Waals surface area contributed by atoms with Crippen molar-refractivity contribution in [1.82, 2.24) is 0 Å². The molecule has 0 unspecified atom stereocenters. The molecule has 1 saturated carbocycles. The third-order valence-electron chi connectivity index (χ3n) is 5.27. The fourth-order valence-corrected chi connectivity index (χ4v) is 3.44. The average molecular weight is 256 g/mol. The van der Waals surface area contributed by atoms with Gasteiger partial charge in [0, 0.05) is 0 Å². The van der Waals surface area contributed by atoms with E-state index in [0.717, 1.165) is 19.3 Å². The van der Waals surface area contributed by atoms with E-state index in [0.29, 0.717) is 44.4 Å². The number of allylic oxidation sites excluding steroid dienone is 2. The highest BCUT2D eigenvalue weighted by Crippen LogP contribution is 2.44. The van der Waals surface area contributed by atoms with E-state index in [1.807, 2.05) is 13.8 Å². The quantitative estimate of drug-likeness (QED) is 0.583. The predicted molar refractivity (Wildman–Crippen MR) is 72.2 cm³/mol. The first kappa shape index (κ1) is 14.0. The molecule has 104 valence electrons. The van der Waals surface area contributed by atoms with Crippen LogP contribution in [0.4, 0.5) is 8.78 Å². The number of hydrogen-bond donors (Lipinski definition) is 0. The van der Waals surface area contributed by atoms with E-state index in [1.54, 1.807) is 0 Å². The second-order valence-corrected chi connectivity index (χ2v) is 6.27. The van der Waals surface area contributed by atoms with Gasteiger partial charge in [-0.15, -0.1) is 0 Å². The van der Waals surface area contributed by atoms with E-state index < -0.39 is 11.3 Å². The van der Waals surface area contributed by atoms with Gasteiger partial charge in [-0.05, 0) is 63.7 Å². The maximum atomic E-state index is 14.1. The van der Waals surface area contributed by atoms with Crippen molar-refractivity contribution in [2.45, 2.75) is 83.0 Å². The van der Waals surface area contributed by atoms with Gasteiger partial charge in [-0.1, -0.05) is 25.5 Å². The van der Waals surface area contributed by atoms with Gasteiger partial charge in [0.25, 0.3) is 0 Å². The summed E-state index contributed by atoms with van der Waals surface area (Å²) in [5.41, 5.74) is -0.473. The fraction of sp³-hybridized carbons (Fsp3) is 0.875. The average Bonchev–Trinajstić information content (AvgIpc) is 2.41. The molecular weight excluding hydrogens is 230 g/mol. The van der Waals surface area contributed by atoms with Gasteiger partial charge in [-0.3, -0.25) is 0 Å². The maximum Gasteiger partial charge on any atom is 0.114 e. The summed E-state index contributed by atoms with van der Waals surface area (Å²) in [5.74, 6) is 0.529. The molecule has 2 rings (SSSR count). The van der Waals surface area contributed by atoms with Crippen LogP contribution in [-0.4, -0.2) is 11.3 Å². The zero-order valence-corrected chi connectivity index (χ0v) is 11.8. The molecule has 0 saturated heterocycles. The molecule has 0 aromatic heterocycles. The molecule has 0 aliphatic heterocycles. The van der Waals surface area contributed by atoms with Crippen molar-refractivity contribution in [2.75, 3.05) is 0 Å². The van der Waals surface area contributed by atoms with Crippen molar-refractivity contribution in [2.24, 2.45) is 5.92 Å². The molecule has 0 amide bonds. The molecule has 0 nitrogen and oxygen atoms in total. The standard InChI is InChI=1S/C16H26F2/c1-3-15(17)9-5-13(6-10-15)14-7-11-16(18,4-2)12-8-14/h5,14H,3-4,6-12H2,1-2H3/t14?,15-,16?/m1/s1. The van der Waals surface area contributed by atoms with E-state index >= 15 is 0 Å². The van der Waals surface area contributed by atoms with Crippen molar-refractivity contribution in [3.63, 3.8) is 0 Å². The molecule has 18 heavy (non-hydrogen) atoms. The van der Waals surface area contributed by atoms with E-state index in [-0.39, 0.29) is 0 Å². The first-order valence-corrected chi connectivity index (χ1v) is 7.57. The molecule has 0 radical (unpaired) electrons. The lowest BCUT2D eigenvalue weighted by atomic mass is 9.72. The lowest BCUT2D eigenvalue weighted by molar-refractivity contribution is 0.0826. The topological polar surface area (TPSA) is 0 Å². The van der Waals surface area contributed by atoms with Crippen molar-refractivity contribution < 1.29 is 8.78 Å². The largest absolute Gasteiger partial charge is 0.244 e. The van der Waals surface area contributed by atoms with E-state index in [4.69, 9.17) is 0 Å². The second kappa shape index (κ2) is 5.30. The minimum absolute atomic E-state index is 0.529. The Balaban J connectivity index is 1.92. The van der Waals surface area contributed by atoms with Crippen LogP contribution in [0.5, 0.6) is 0 Å². The Kier molecular flexibility index (Phi) is 4.13. The number of alkyl halides is 2. The molecule has 1 fully saturated rings. The lowest BCUT2D eigenvalue weighted by Gasteiger charge is -2.37. The molecule has 0 spiro atoms. The molecule has 2 aliphatic carbocycles. The molecule has 0 N–H and O–H groups in total. The van der Waals surface area contributed by atoms with Crippen molar-refractivity contribution in [3.05, 3.63) is 11.6 Å². The third-order valence-corrected chi connectivity index (χ3v) is 5.27. The zero-order chi connectivity index (χ0) is 13.2. The van der Waals surface area contributed by atoms with E-state index in [2.05, 4.69) is 6.08 Å². The van der Waals surface area contributed by atoms with Gasteiger partial charge in [0.2, 0.25) is 0 Å². The molecular formula is C16H26F2. The summed E-state index contributed by atoms with van der Waals surface area (Å²) in [5, 5.41) is 0. The van der Waals surface area contributed by atoms with Gasteiger partial charge in [0.15, 0.2) is 0 Å². The van der Waals surface area contributed by atoms with Crippen molar-refractivity contribution >= 4 is 0 Å². The second-order valence-electron chi connectivity index (χ2n) is 6.27. The Morgan fingerprint density at radius 3 is 2.11 bits per heavy atom.